The summed E-state index contributed by atoms with van der Waals surface area (Å²) < 4.78 is 37.3. The highest BCUT2D eigenvalue weighted by molar-refractivity contribution is 8.00. The van der Waals surface area contributed by atoms with Gasteiger partial charge in [-0.05, 0) is 47.7 Å². The Bertz CT molecular complexity index is 944. The molecule has 3 N–H and O–H groups in total. The summed E-state index contributed by atoms with van der Waals surface area (Å²) in [5.41, 5.74) is 4.82. The van der Waals surface area contributed by atoms with E-state index in [-0.39, 0.29) is 16.7 Å². The summed E-state index contributed by atoms with van der Waals surface area (Å²) in [7, 11) is 3.27. The number of aromatic nitrogens is 2. The molecule has 0 radical (unpaired) electrons. The number of benzene rings is 2. The topological polar surface area (TPSA) is 63.8 Å². The normalized spacial score (nSPS) is 11.3. The van der Waals surface area contributed by atoms with Crippen LogP contribution >= 0.6 is 20.6 Å². The van der Waals surface area contributed by atoms with E-state index in [2.05, 4.69) is 24.1 Å². The van der Waals surface area contributed by atoms with E-state index >= 15 is 0 Å². The smallest absolute Gasteiger partial charge is 0.324 e. The van der Waals surface area contributed by atoms with E-state index in [0.717, 1.165) is 11.3 Å². The molecule has 0 bridgehead atoms. The molecule has 0 saturated heterocycles. The summed E-state index contributed by atoms with van der Waals surface area (Å²) in [6.07, 6.45) is 1.58. The molecule has 0 fully saturated rings. The molecular formula is C18H14F3N4PS. The Morgan fingerprint density at radius 1 is 1.00 bits per heavy atom. The molecule has 2 aromatic carbocycles. The van der Waals surface area contributed by atoms with Crippen molar-refractivity contribution in [2.75, 3.05) is 5.32 Å². The maximum Gasteiger partial charge on any atom is 0.446 e. The van der Waals surface area contributed by atoms with Crippen molar-refractivity contribution in [1.29, 1.82) is 0 Å². The third-order valence-corrected chi connectivity index (χ3v) is 4.52. The molecule has 0 atom stereocenters. The minimum absolute atomic E-state index is 0.126. The Morgan fingerprint density at radius 3 is 2.26 bits per heavy atom. The monoisotopic (exact) mass is 406 g/mol. The maximum absolute atomic E-state index is 12.4. The van der Waals surface area contributed by atoms with E-state index in [1.165, 1.54) is 12.1 Å². The van der Waals surface area contributed by atoms with Gasteiger partial charge in [-0.2, -0.15) is 13.2 Å². The van der Waals surface area contributed by atoms with E-state index in [1.807, 2.05) is 24.3 Å². The summed E-state index contributed by atoms with van der Waals surface area (Å²) in [5, 5.41) is 3.08. The van der Waals surface area contributed by atoms with Crippen molar-refractivity contribution < 1.29 is 13.2 Å². The first-order valence-electron chi connectivity index (χ1n) is 7.71. The van der Waals surface area contributed by atoms with Crippen molar-refractivity contribution in [3.05, 3.63) is 66.4 Å². The fourth-order valence-electron chi connectivity index (χ4n) is 2.27. The number of hydrogen-bond donors (Lipinski definition) is 2. The van der Waals surface area contributed by atoms with Crippen molar-refractivity contribution >= 4 is 37.7 Å². The molecule has 3 rings (SSSR count). The molecule has 0 saturated carbocycles. The van der Waals surface area contributed by atoms with Crippen LogP contribution in [-0.2, 0) is 0 Å². The highest BCUT2D eigenvalue weighted by Crippen LogP contribution is 2.37. The average molecular weight is 406 g/mol. The molecule has 9 heteroatoms. The van der Waals surface area contributed by atoms with Crippen molar-refractivity contribution in [1.82, 2.24) is 9.97 Å². The van der Waals surface area contributed by atoms with Gasteiger partial charge in [0.15, 0.2) is 0 Å². The molecule has 3 aromatic rings. The lowest BCUT2D eigenvalue weighted by molar-refractivity contribution is -0.0328. The van der Waals surface area contributed by atoms with Gasteiger partial charge in [-0.15, -0.1) is 8.86 Å². The van der Waals surface area contributed by atoms with Crippen LogP contribution in [-0.4, -0.2) is 20.9 Å². The van der Waals surface area contributed by atoms with Crippen molar-refractivity contribution in [3.63, 3.8) is 0 Å². The summed E-state index contributed by atoms with van der Waals surface area (Å²) in [6, 6.07) is 15.1. The molecule has 0 amide bonds. The number of anilines is 2. The Balaban J connectivity index is 1.76. The third kappa shape index (κ3) is 5.53. The second kappa shape index (κ2) is 8.08. The Hall–Kier alpha value is -2.41. The van der Waals surface area contributed by atoms with E-state index in [1.54, 1.807) is 24.4 Å². The minimum Gasteiger partial charge on any atom is -0.324 e. The van der Waals surface area contributed by atoms with E-state index < -0.39 is 5.51 Å². The number of thioether (sulfide) groups is 1. The maximum atomic E-state index is 12.4. The zero-order chi connectivity index (χ0) is 19.4. The van der Waals surface area contributed by atoms with Gasteiger partial charge in [0.05, 0.1) is 5.69 Å². The largest absolute Gasteiger partial charge is 0.446 e. The lowest BCUT2D eigenvalue weighted by Crippen LogP contribution is -2.08. The van der Waals surface area contributed by atoms with Gasteiger partial charge in [-0.25, -0.2) is 9.97 Å². The number of halogens is 3. The number of hydrogen-bond acceptors (Lipinski definition) is 4. The Morgan fingerprint density at radius 2 is 1.67 bits per heavy atom. The van der Waals surface area contributed by atoms with Crippen molar-refractivity contribution in [2.24, 2.45) is 5.73 Å². The van der Waals surface area contributed by atoms with Crippen molar-refractivity contribution in [3.8, 4) is 11.3 Å². The predicted octanol–water partition coefficient (Wildman–Crippen LogP) is 5.08. The van der Waals surface area contributed by atoms with Gasteiger partial charge >= 0.3 is 5.51 Å². The number of alkyl halides is 3. The SMILES string of the molecule is NC(=P)c1ccc(Nc2nccc(-c3ccc(SC(F)(F)F)cc3)n2)cc1. The van der Waals surface area contributed by atoms with E-state index in [4.69, 9.17) is 5.73 Å². The van der Waals surface area contributed by atoms with Gasteiger partial charge in [0, 0.05) is 27.8 Å². The van der Waals surface area contributed by atoms with Gasteiger partial charge < -0.3 is 5.32 Å². The Labute approximate surface area is 160 Å². The van der Waals surface area contributed by atoms with Gasteiger partial charge in [-0.3, -0.25) is 5.73 Å². The molecule has 0 aliphatic heterocycles. The van der Waals surface area contributed by atoms with Crippen LogP contribution in [0.15, 0.2) is 65.7 Å². The summed E-state index contributed by atoms with van der Waals surface area (Å²) in [4.78, 5) is 8.70. The lowest BCUT2D eigenvalue weighted by atomic mass is 10.1. The quantitative estimate of drug-likeness (QED) is 0.457. The number of nitrogens with two attached hydrogens (primary N) is 1. The van der Waals surface area contributed by atoms with Gasteiger partial charge in [0.25, 0.3) is 0 Å². The lowest BCUT2D eigenvalue weighted by Gasteiger charge is -2.09. The third-order valence-electron chi connectivity index (χ3n) is 3.49. The fourth-order valence-corrected chi connectivity index (χ4v) is 2.98. The summed E-state index contributed by atoms with van der Waals surface area (Å²) >= 11 is -0.147. The van der Waals surface area contributed by atoms with Gasteiger partial charge in [0.2, 0.25) is 5.95 Å². The van der Waals surface area contributed by atoms with E-state index in [9.17, 15) is 13.2 Å². The van der Waals surface area contributed by atoms with Crippen LogP contribution in [0.2, 0.25) is 0 Å². The predicted molar refractivity (Wildman–Crippen MR) is 106 cm³/mol. The standard InChI is InChI=1S/C18H14F3N4PS/c19-18(20,21)27-14-7-3-11(4-8-14)15-9-10-23-17(25-15)24-13-5-1-12(2-6-13)16(22)26/h1-10,26H,22H2,(H,23,24,25). The zero-order valence-corrected chi connectivity index (χ0v) is 15.6. The van der Waals surface area contributed by atoms with Crippen LogP contribution in [0, 0.1) is 0 Å². The number of rotatable bonds is 5. The Kier molecular flexibility index (Phi) is 5.79. The first kappa shape index (κ1) is 19.4. The molecule has 0 unspecified atom stereocenters. The average Bonchev–Trinajstić information content (AvgIpc) is 2.62. The fraction of sp³-hybridized carbons (Fsp3) is 0.0556. The second-order valence-electron chi connectivity index (χ2n) is 5.45. The van der Waals surface area contributed by atoms with E-state index in [0.29, 0.717) is 22.6 Å². The molecule has 0 aliphatic carbocycles. The molecule has 0 spiro atoms. The highest BCUT2D eigenvalue weighted by atomic mass is 32.2. The number of nitrogens with zero attached hydrogens (tertiary/aromatic N) is 2. The summed E-state index contributed by atoms with van der Waals surface area (Å²) in [6.45, 7) is 0. The van der Waals surface area contributed by atoms with Gasteiger partial charge in [-0.1, -0.05) is 24.3 Å². The summed E-state index contributed by atoms with van der Waals surface area (Å²) in [5.74, 6) is 0.379. The van der Waals surface area contributed by atoms with Crippen LogP contribution in [0.3, 0.4) is 0 Å². The van der Waals surface area contributed by atoms with Crippen LogP contribution in [0.1, 0.15) is 5.56 Å². The molecular weight excluding hydrogens is 392 g/mol. The van der Waals surface area contributed by atoms with Gasteiger partial charge in [0.1, 0.15) is 0 Å². The molecule has 0 aliphatic rings. The number of nitrogens with one attached hydrogen (secondary N) is 1. The molecule has 27 heavy (non-hydrogen) atoms. The first-order valence-corrected chi connectivity index (χ1v) is 9.02. The first-order chi connectivity index (χ1) is 12.8. The van der Waals surface area contributed by atoms with Crippen LogP contribution in [0.25, 0.3) is 11.3 Å². The molecule has 1 aromatic heterocycles. The molecule has 138 valence electrons. The van der Waals surface area contributed by atoms with Crippen molar-refractivity contribution in [2.45, 2.75) is 10.4 Å². The second-order valence-corrected chi connectivity index (χ2v) is 7.13. The van der Waals surface area contributed by atoms with Crippen LogP contribution in [0.5, 0.6) is 0 Å². The molecule has 4 nitrogen and oxygen atoms in total. The molecule has 1 heterocycles. The zero-order valence-electron chi connectivity index (χ0n) is 13.8. The van der Waals surface area contributed by atoms with Crippen LogP contribution in [0.4, 0.5) is 24.8 Å². The highest BCUT2D eigenvalue weighted by Gasteiger charge is 2.29. The van der Waals surface area contributed by atoms with Crippen LogP contribution < -0.4 is 11.1 Å². The minimum atomic E-state index is -4.31.